The average molecular weight is 519 g/mol. The molecule has 1 nitrogen and oxygen atoms in total. The molecule has 4 unspecified atom stereocenters. The van der Waals surface area contributed by atoms with Gasteiger partial charge in [-0.15, -0.1) is 0 Å². The fraction of sp³-hybridized carbons (Fsp3) is 0.730. The van der Waals surface area contributed by atoms with E-state index in [9.17, 15) is 0 Å². The van der Waals surface area contributed by atoms with E-state index in [0.717, 1.165) is 47.3 Å². The van der Waals surface area contributed by atoms with Crippen molar-refractivity contribution in [1.82, 2.24) is 0 Å². The molecule has 0 spiro atoms. The van der Waals surface area contributed by atoms with E-state index in [1.165, 1.54) is 73.3 Å². The first-order chi connectivity index (χ1) is 18.2. The highest BCUT2D eigenvalue weighted by Gasteiger charge is 2.44. The van der Waals surface area contributed by atoms with E-state index in [1.54, 1.807) is 6.42 Å². The van der Waals surface area contributed by atoms with Gasteiger partial charge in [-0.3, -0.25) is 0 Å². The predicted octanol–water partition coefficient (Wildman–Crippen LogP) is 10.8. The molecule has 38 heavy (non-hydrogen) atoms. The zero-order chi connectivity index (χ0) is 27.4. The second kappa shape index (κ2) is 13.3. The van der Waals surface area contributed by atoms with Gasteiger partial charge in [0, 0.05) is 0 Å². The molecule has 3 aliphatic carbocycles. The monoisotopic (exact) mass is 518 g/mol. The molecule has 0 amide bonds. The minimum Gasteiger partial charge on any atom is -0.374 e. The number of benzene rings is 2. The average Bonchev–Trinajstić information content (AvgIpc) is 3.69. The Morgan fingerprint density at radius 3 is 1.26 bits per heavy atom. The van der Waals surface area contributed by atoms with Crippen LogP contribution in [0, 0.1) is 61.2 Å². The Balaban J connectivity index is 0.000000119. The van der Waals surface area contributed by atoms with Gasteiger partial charge in [-0.2, -0.15) is 0 Å². The lowest BCUT2D eigenvalue weighted by Gasteiger charge is -2.24. The van der Waals surface area contributed by atoms with E-state index in [0.29, 0.717) is 12.2 Å². The van der Waals surface area contributed by atoms with Crippen LogP contribution in [0.25, 0.3) is 10.8 Å². The lowest BCUT2D eigenvalue weighted by Crippen LogP contribution is -2.21. The van der Waals surface area contributed by atoms with Gasteiger partial charge in [0.1, 0.15) is 0 Å². The van der Waals surface area contributed by atoms with Crippen LogP contribution in [0.1, 0.15) is 110 Å². The summed E-state index contributed by atoms with van der Waals surface area (Å²) >= 11 is 0. The van der Waals surface area contributed by atoms with Crippen LogP contribution in [0.5, 0.6) is 0 Å². The van der Waals surface area contributed by atoms with Crippen molar-refractivity contribution in [1.29, 1.82) is 0 Å². The van der Waals surface area contributed by atoms with Crippen molar-refractivity contribution in [2.45, 2.75) is 125 Å². The molecule has 5 fully saturated rings. The molecule has 1 heteroatoms. The summed E-state index contributed by atoms with van der Waals surface area (Å²) in [6.45, 7) is 18.6. The van der Waals surface area contributed by atoms with Crippen LogP contribution in [0.4, 0.5) is 0 Å². The summed E-state index contributed by atoms with van der Waals surface area (Å²) in [4.78, 5) is 0. The number of rotatable bonds is 0. The molecule has 7 rings (SSSR count). The minimum absolute atomic E-state index is 0.616. The Hall–Kier alpha value is -1.34. The van der Waals surface area contributed by atoms with Gasteiger partial charge in [-0.25, -0.2) is 0 Å². The van der Waals surface area contributed by atoms with Gasteiger partial charge in [0.2, 0.25) is 0 Å². The van der Waals surface area contributed by atoms with Crippen LogP contribution < -0.4 is 0 Å². The summed E-state index contributed by atoms with van der Waals surface area (Å²) in [5.41, 5.74) is 2.74. The topological polar surface area (TPSA) is 9.23 Å². The lowest BCUT2D eigenvalue weighted by atomic mass is 9.82. The van der Waals surface area contributed by atoms with Crippen molar-refractivity contribution in [3.05, 3.63) is 47.5 Å². The Morgan fingerprint density at radius 2 is 0.974 bits per heavy atom. The van der Waals surface area contributed by atoms with Crippen LogP contribution in [0.3, 0.4) is 0 Å². The number of hydrogen-bond donors (Lipinski definition) is 0. The number of aryl methyl sites for hydroxylation is 2. The molecule has 2 saturated heterocycles. The molecular formula is C37H58O. The summed E-state index contributed by atoms with van der Waals surface area (Å²) in [6.07, 6.45) is 14.4. The highest BCUT2D eigenvalue weighted by molar-refractivity contribution is 5.83. The molecule has 4 bridgehead atoms. The summed E-state index contributed by atoms with van der Waals surface area (Å²) in [6, 6.07) is 13.0. The van der Waals surface area contributed by atoms with Crippen LogP contribution in [0.15, 0.2) is 36.4 Å². The molecule has 2 aliphatic heterocycles. The van der Waals surface area contributed by atoms with Crippen molar-refractivity contribution >= 4 is 10.8 Å². The highest BCUT2D eigenvalue weighted by Crippen LogP contribution is 2.51. The second-order valence-corrected chi connectivity index (χ2v) is 14.1. The molecule has 5 aliphatic rings. The largest absolute Gasteiger partial charge is 0.374 e. The van der Waals surface area contributed by atoms with Crippen molar-refractivity contribution in [3.63, 3.8) is 0 Å². The molecule has 0 N–H and O–H groups in total. The second-order valence-electron chi connectivity index (χ2n) is 14.1. The Kier molecular flexibility index (Phi) is 10.4. The van der Waals surface area contributed by atoms with E-state index < -0.39 is 0 Å². The summed E-state index contributed by atoms with van der Waals surface area (Å²) < 4.78 is 5.70. The Labute approximate surface area is 235 Å². The van der Waals surface area contributed by atoms with Crippen LogP contribution in [0.2, 0.25) is 0 Å². The van der Waals surface area contributed by atoms with Crippen LogP contribution in [-0.2, 0) is 4.74 Å². The SMILES string of the molecule is C[C@@H]1C2CCC(C2)[C@@H]1C.C[C@@H]1C2CCC(O2)[C@@H]1C.C[C@@H]1CCCC[C@@H]1C.Cc1cc2ccccc2cc1C. The van der Waals surface area contributed by atoms with Crippen molar-refractivity contribution in [3.8, 4) is 0 Å². The molecule has 10 atom stereocenters. The Morgan fingerprint density at radius 1 is 0.553 bits per heavy atom. The first-order valence-electron chi connectivity index (χ1n) is 16.3. The fourth-order valence-corrected chi connectivity index (χ4v) is 7.98. The predicted molar refractivity (Wildman–Crippen MR) is 166 cm³/mol. The molecule has 212 valence electrons. The number of ether oxygens (including phenoxy) is 1. The third-order valence-corrected chi connectivity index (χ3v) is 11.8. The summed E-state index contributed by atoms with van der Waals surface area (Å²) in [7, 11) is 0. The van der Waals surface area contributed by atoms with Gasteiger partial charge in [0.25, 0.3) is 0 Å². The van der Waals surface area contributed by atoms with Crippen LogP contribution >= 0.6 is 0 Å². The third kappa shape index (κ3) is 7.04. The van der Waals surface area contributed by atoms with E-state index in [2.05, 4.69) is 91.8 Å². The maximum atomic E-state index is 5.70. The lowest BCUT2D eigenvalue weighted by molar-refractivity contribution is 0.0897. The molecule has 3 saturated carbocycles. The molecule has 2 aromatic rings. The maximum absolute atomic E-state index is 5.70. The fourth-order valence-electron chi connectivity index (χ4n) is 7.98. The Bertz CT molecular complexity index is 892. The minimum atomic E-state index is 0.616. The quantitative estimate of drug-likeness (QED) is 0.337. The van der Waals surface area contributed by atoms with Gasteiger partial charge in [-0.1, -0.05) is 104 Å². The first-order valence-corrected chi connectivity index (χ1v) is 16.3. The zero-order valence-electron chi connectivity index (χ0n) is 26.0. The van der Waals surface area contributed by atoms with Crippen LogP contribution in [-0.4, -0.2) is 12.2 Å². The standard InChI is InChI=1S/C12H12.C9H16.C8H14O.C8H16/c1-9-7-11-5-3-4-6-12(11)8-10(9)2;1-6-7(2)9-4-3-8(6)5-9;1-5-6(2)8-4-3-7(5)9-8;1-7-5-3-4-6-8(7)2/h3-8H,1-2H3;6-9H,3-5H2,1-2H3;5-8H,3-4H2,1-2H3;7-8H,3-6H2,1-2H3/t;6-,7+,8?,9?;5-,6+,7?,8?;7-,8+. The number of fused-ring (bicyclic) bond motifs is 5. The van der Waals surface area contributed by atoms with Gasteiger partial charge in [-0.05, 0) is 115 Å². The molecule has 0 aromatic heterocycles. The van der Waals surface area contributed by atoms with E-state index >= 15 is 0 Å². The third-order valence-electron chi connectivity index (χ3n) is 11.8. The van der Waals surface area contributed by atoms with Crippen molar-refractivity contribution in [2.24, 2.45) is 47.3 Å². The van der Waals surface area contributed by atoms with Gasteiger partial charge >= 0.3 is 0 Å². The van der Waals surface area contributed by atoms with E-state index in [1.807, 2.05) is 0 Å². The maximum Gasteiger partial charge on any atom is 0.0609 e. The van der Waals surface area contributed by atoms with Gasteiger partial charge in [0.05, 0.1) is 12.2 Å². The van der Waals surface area contributed by atoms with Gasteiger partial charge in [0.15, 0.2) is 0 Å². The smallest absolute Gasteiger partial charge is 0.0609 e. The summed E-state index contributed by atoms with van der Waals surface area (Å²) in [5.74, 6) is 7.97. The molecule has 2 aromatic carbocycles. The van der Waals surface area contributed by atoms with Gasteiger partial charge < -0.3 is 4.74 Å². The van der Waals surface area contributed by atoms with E-state index in [4.69, 9.17) is 4.74 Å². The zero-order valence-corrected chi connectivity index (χ0v) is 26.0. The van der Waals surface area contributed by atoms with Crippen molar-refractivity contribution < 1.29 is 4.74 Å². The van der Waals surface area contributed by atoms with Crippen molar-refractivity contribution in [2.75, 3.05) is 0 Å². The summed E-state index contributed by atoms with van der Waals surface area (Å²) in [5, 5.41) is 2.67. The van der Waals surface area contributed by atoms with E-state index in [-0.39, 0.29) is 0 Å². The molecule has 2 heterocycles. The highest BCUT2D eigenvalue weighted by atomic mass is 16.5. The number of hydrogen-bond acceptors (Lipinski definition) is 1. The normalized spacial score (nSPS) is 38.5. The first kappa shape index (κ1) is 29.6. The molecule has 0 radical (unpaired) electrons. The molecular weight excluding hydrogens is 460 g/mol.